The van der Waals surface area contributed by atoms with Gasteiger partial charge in [0.05, 0.1) is 5.76 Å². The molecule has 1 N–H and O–H groups in total. The maximum atomic E-state index is 9.46. The van der Waals surface area contributed by atoms with E-state index in [0.717, 1.165) is 18.4 Å². The van der Waals surface area contributed by atoms with Gasteiger partial charge in [-0.2, -0.15) is 0 Å². The number of aliphatic hydroxyl groups is 1. The van der Waals surface area contributed by atoms with Crippen LogP contribution in [0.25, 0.3) is 0 Å². The van der Waals surface area contributed by atoms with Gasteiger partial charge in [0.2, 0.25) is 0 Å². The van der Waals surface area contributed by atoms with Gasteiger partial charge in [0.1, 0.15) is 0 Å². The Morgan fingerprint density at radius 3 is 3.00 bits per heavy atom. The van der Waals surface area contributed by atoms with Crippen LogP contribution in [0, 0.1) is 0 Å². The van der Waals surface area contributed by atoms with Gasteiger partial charge in [-0.05, 0) is 12.0 Å². The van der Waals surface area contributed by atoms with Crippen LogP contribution >= 0.6 is 0 Å². The topological polar surface area (TPSA) is 20.2 Å². The predicted molar refractivity (Wildman–Crippen MR) is 47.5 cm³/mol. The lowest BCUT2D eigenvalue weighted by Gasteiger charge is -2.01. The molecule has 0 saturated carbocycles. The van der Waals surface area contributed by atoms with Crippen LogP contribution in [0.5, 0.6) is 0 Å². The highest BCUT2D eigenvalue weighted by molar-refractivity contribution is 5.29. The first kappa shape index (κ1) is 8.12. The number of hydrogen-bond acceptors (Lipinski definition) is 1. The summed E-state index contributed by atoms with van der Waals surface area (Å²) in [5.74, 6) is 0.525. The summed E-state index contributed by atoms with van der Waals surface area (Å²) in [5, 5.41) is 9.46. The van der Waals surface area contributed by atoms with E-state index in [1.165, 1.54) is 0 Å². The second-order valence-electron chi connectivity index (χ2n) is 2.71. The van der Waals surface area contributed by atoms with E-state index in [1.54, 1.807) is 0 Å². The molecule has 1 aliphatic rings. The molecule has 1 aliphatic carbocycles. The zero-order valence-electron chi connectivity index (χ0n) is 6.88. The third-order valence-corrected chi connectivity index (χ3v) is 1.75. The van der Waals surface area contributed by atoms with E-state index in [-0.39, 0.29) is 0 Å². The fourth-order valence-corrected chi connectivity index (χ4v) is 1.15. The van der Waals surface area contributed by atoms with Gasteiger partial charge in [-0.15, -0.1) is 0 Å². The third-order valence-electron chi connectivity index (χ3n) is 1.75. The highest BCUT2D eigenvalue weighted by atomic mass is 16.3. The van der Waals surface area contributed by atoms with Gasteiger partial charge in [-0.25, -0.2) is 0 Å². The lowest BCUT2D eigenvalue weighted by atomic mass is 10.1. The third kappa shape index (κ3) is 2.26. The molecule has 0 amide bonds. The maximum absolute atomic E-state index is 9.46. The van der Waals surface area contributed by atoms with Crippen molar-refractivity contribution in [2.24, 2.45) is 0 Å². The molecule has 0 unspecified atom stereocenters. The molecule has 0 aromatic rings. The zero-order chi connectivity index (χ0) is 8.10. The van der Waals surface area contributed by atoms with E-state index >= 15 is 0 Å². The summed E-state index contributed by atoms with van der Waals surface area (Å²) in [4.78, 5) is 0. The fourth-order valence-electron chi connectivity index (χ4n) is 1.15. The molecule has 1 nitrogen and oxygen atoms in total. The average Bonchev–Trinajstić information content (AvgIpc) is 2.18. The fraction of sp³-hybridized carbons (Fsp3) is 0.400. The predicted octanol–water partition coefficient (Wildman–Crippen LogP) is 3.11. The minimum absolute atomic E-state index is 0.525. The van der Waals surface area contributed by atoms with Crippen LogP contribution in [0.3, 0.4) is 0 Å². The van der Waals surface area contributed by atoms with Crippen molar-refractivity contribution in [1.29, 1.82) is 0 Å². The van der Waals surface area contributed by atoms with Crippen LogP contribution in [-0.4, -0.2) is 5.11 Å². The molecule has 0 fully saturated rings. The van der Waals surface area contributed by atoms with Gasteiger partial charge in [0.15, 0.2) is 0 Å². The van der Waals surface area contributed by atoms with Crippen molar-refractivity contribution in [3.05, 3.63) is 35.6 Å². The Bertz CT molecular complexity index is 209. The van der Waals surface area contributed by atoms with Crippen LogP contribution in [0.2, 0.25) is 0 Å². The van der Waals surface area contributed by atoms with Crippen molar-refractivity contribution >= 4 is 0 Å². The normalized spacial score (nSPS) is 17.2. The van der Waals surface area contributed by atoms with Gasteiger partial charge in [0, 0.05) is 6.42 Å². The Morgan fingerprint density at radius 1 is 1.45 bits per heavy atom. The molecule has 1 rings (SSSR count). The van der Waals surface area contributed by atoms with Crippen LogP contribution < -0.4 is 0 Å². The van der Waals surface area contributed by atoms with Crippen molar-refractivity contribution in [1.82, 2.24) is 0 Å². The van der Waals surface area contributed by atoms with Crippen molar-refractivity contribution in [2.45, 2.75) is 26.2 Å². The number of rotatable bonds is 2. The van der Waals surface area contributed by atoms with Crippen molar-refractivity contribution in [2.75, 3.05) is 0 Å². The highest BCUT2D eigenvalue weighted by Gasteiger charge is 2.00. The van der Waals surface area contributed by atoms with Gasteiger partial charge in [0.25, 0.3) is 0 Å². The Morgan fingerprint density at radius 2 is 2.27 bits per heavy atom. The molecule has 0 saturated heterocycles. The molecule has 0 bridgehead atoms. The second-order valence-corrected chi connectivity index (χ2v) is 2.71. The van der Waals surface area contributed by atoms with Gasteiger partial charge < -0.3 is 5.11 Å². The molecule has 1 heteroatoms. The first-order valence-electron chi connectivity index (χ1n) is 4.08. The number of aliphatic hydroxyl groups excluding tert-OH is 1. The van der Waals surface area contributed by atoms with Crippen LogP contribution in [0.4, 0.5) is 0 Å². The quantitative estimate of drug-likeness (QED) is 0.641. The number of hydrogen-bond donors (Lipinski definition) is 1. The van der Waals surface area contributed by atoms with E-state index in [0.29, 0.717) is 12.2 Å². The van der Waals surface area contributed by atoms with Crippen LogP contribution in [-0.2, 0) is 0 Å². The molecular formula is C10H14O. The van der Waals surface area contributed by atoms with Crippen molar-refractivity contribution in [3.8, 4) is 0 Å². The largest absolute Gasteiger partial charge is 0.512 e. The smallest absolute Gasteiger partial charge is 0.0992 e. The van der Waals surface area contributed by atoms with Gasteiger partial charge in [-0.1, -0.05) is 37.6 Å². The van der Waals surface area contributed by atoms with E-state index < -0.39 is 0 Å². The molecular weight excluding hydrogens is 136 g/mol. The van der Waals surface area contributed by atoms with Gasteiger partial charge >= 0.3 is 0 Å². The lowest BCUT2D eigenvalue weighted by Crippen LogP contribution is -1.86. The van der Waals surface area contributed by atoms with Crippen LogP contribution in [0.1, 0.15) is 26.2 Å². The Labute approximate surface area is 67.7 Å². The summed E-state index contributed by atoms with van der Waals surface area (Å²) in [5.41, 5.74) is 1.08. The summed E-state index contributed by atoms with van der Waals surface area (Å²) in [6.45, 7) is 2.12. The second kappa shape index (κ2) is 4.02. The molecule has 0 aliphatic heterocycles. The summed E-state index contributed by atoms with van der Waals surface area (Å²) in [6, 6.07) is 0. The Balaban J connectivity index is 2.72. The molecule has 11 heavy (non-hydrogen) atoms. The Kier molecular flexibility index (Phi) is 2.96. The van der Waals surface area contributed by atoms with E-state index in [4.69, 9.17) is 0 Å². The maximum Gasteiger partial charge on any atom is 0.0992 e. The molecule has 0 heterocycles. The molecule has 0 spiro atoms. The van der Waals surface area contributed by atoms with E-state index in [2.05, 4.69) is 6.92 Å². The van der Waals surface area contributed by atoms with Crippen LogP contribution in [0.15, 0.2) is 35.6 Å². The SMILES string of the molecule is CCCC1=C(O)CC=CC=C1. The van der Waals surface area contributed by atoms with Gasteiger partial charge in [-0.3, -0.25) is 0 Å². The minimum Gasteiger partial charge on any atom is -0.512 e. The first-order valence-corrected chi connectivity index (χ1v) is 4.08. The summed E-state index contributed by atoms with van der Waals surface area (Å²) < 4.78 is 0. The number of allylic oxidation sites excluding steroid dienone is 5. The molecule has 0 aromatic carbocycles. The summed E-state index contributed by atoms with van der Waals surface area (Å²) in [6.07, 6.45) is 10.7. The van der Waals surface area contributed by atoms with Crippen molar-refractivity contribution < 1.29 is 5.11 Å². The van der Waals surface area contributed by atoms with Crippen molar-refractivity contribution in [3.63, 3.8) is 0 Å². The summed E-state index contributed by atoms with van der Waals surface area (Å²) in [7, 11) is 0. The zero-order valence-corrected chi connectivity index (χ0v) is 6.88. The molecule has 0 radical (unpaired) electrons. The molecule has 60 valence electrons. The monoisotopic (exact) mass is 150 g/mol. The van der Waals surface area contributed by atoms with E-state index in [9.17, 15) is 5.11 Å². The first-order chi connectivity index (χ1) is 5.34. The lowest BCUT2D eigenvalue weighted by molar-refractivity contribution is 0.393. The molecule has 0 aromatic heterocycles. The average molecular weight is 150 g/mol. The highest BCUT2D eigenvalue weighted by Crippen LogP contribution is 2.16. The molecule has 0 atom stereocenters. The van der Waals surface area contributed by atoms with E-state index in [1.807, 2.05) is 24.3 Å². The minimum atomic E-state index is 0.525. The Hall–Kier alpha value is -0.980. The summed E-state index contributed by atoms with van der Waals surface area (Å²) >= 11 is 0. The standard InChI is InChI=1S/C10H14O/c1-2-6-9-7-4-3-5-8-10(9)11/h3-5,7,11H,2,6,8H2,1H3.